The number of hydrogen-bond donors (Lipinski definition) is 1. The van der Waals surface area contributed by atoms with Crippen LogP contribution in [0.4, 0.5) is 0 Å². The number of rotatable bonds is 8. The van der Waals surface area contributed by atoms with E-state index in [0.717, 1.165) is 18.8 Å². The Hall–Kier alpha value is -1.13. The summed E-state index contributed by atoms with van der Waals surface area (Å²) in [6, 6.07) is 4.13. The molecule has 1 heterocycles. The molecule has 1 rings (SSSR count). The van der Waals surface area contributed by atoms with Crippen molar-refractivity contribution < 1.29 is 9.47 Å². The molecule has 0 aliphatic heterocycles. The van der Waals surface area contributed by atoms with Gasteiger partial charge >= 0.3 is 0 Å². The number of nitrogens with zero attached hydrogens (tertiary/aromatic N) is 1. The van der Waals surface area contributed by atoms with Gasteiger partial charge in [-0.3, -0.25) is 0 Å². The van der Waals surface area contributed by atoms with Gasteiger partial charge in [0.15, 0.2) is 0 Å². The summed E-state index contributed by atoms with van der Waals surface area (Å²) in [5.41, 5.74) is 2.28. The van der Waals surface area contributed by atoms with Crippen LogP contribution in [0.3, 0.4) is 0 Å². The number of methoxy groups -OCH3 is 1. The number of pyridine rings is 1. The summed E-state index contributed by atoms with van der Waals surface area (Å²) >= 11 is 0. The van der Waals surface area contributed by atoms with E-state index in [1.54, 1.807) is 7.11 Å². The Morgan fingerprint density at radius 2 is 2.06 bits per heavy atom. The van der Waals surface area contributed by atoms with Crippen molar-refractivity contribution in [1.82, 2.24) is 10.3 Å². The first kappa shape index (κ1) is 14.9. The van der Waals surface area contributed by atoms with Crippen LogP contribution in [0.25, 0.3) is 0 Å². The van der Waals surface area contributed by atoms with Crippen LogP contribution in [0.15, 0.2) is 12.1 Å². The molecule has 1 aromatic rings. The van der Waals surface area contributed by atoms with Gasteiger partial charge in [-0.15, -0.1) is 0 Å². The fourth-order valence-corrected chi connectivity index (χ4v) is 1.55. The van der Waals surface area contributed by atoms with Crippen LogP contribution in [-0.4, -0.2) is 31.9 Å². The van der Waals surface area contributed by atoms with Crippen molar-refractivity contribution in [2.45, 2.75) is 33.2 Å². The molecule has 0 saturated heterocycles. The third-order valence-electron chi connectivity index (χ3n) is 2.59. The fourth-order valence-electron chi connectivity index (χ4n) is 1.55. The second-order valence-electron chi connectivity index (χ2n) is 4.51. The van der Waals surface area contributed by atoms with E-state index in [1.165, 1.54) is 5.56 Å². The van der Waals surface area contributed by atoms with Gasteiger partial charge < -0.3 is 14.8 Å². The maximum Gasteiger partial charge on any atom is 0.213 e. The molecule has 4 nitrogen and oxygen atoms in total. The van der Waals surface area contributed by atoms with Crippen molar-refractivity contribution in [3.8, 4) is 5.88 Å². The summed E-state index contributed by atoms with van der Waals surface area (Å²) in [5, 5.41) is 3.32. The zero-order valence-electron chi connectivity index (χ0n) is 11.8. The summed E-state index contributed by atoms with van der Waals surface area (Å²) in [4.78, 5) is 4.51. The van der Waals surface area contributed by atoms with Gasteiger partial charge in [-0.1, -0.05) is 20.8 Å². The predicted octanol–water partition coefficient (Wildman–Crippen LogP) is 2.34. The zero-order valence-corrected chi connectivity index (χ0v) is 11.8. The van der Waals surface area contributed by atoms with Crippen molar-refractivity contribution >= 4 is 0 Å². The molecule has 102 valence electrons. The van der Waals surface area contributed by atoms with Crippen molar-refractivity contribution in [3.05, 3.63) is 23.4 Å². The lowest BCUT2D eigenvalue weighted by Gasteiger charge is -2.12. The highest BCUT2D eigenvalue weighted by Crippen LogP contribution is 2.19. The van der Waals surface area contributed by atoms with E-state index in [4.69, 9.17) is 9.47 Å². The minimum Gasteiger partial charge on any atom is -0.475 e. The molecule has 0 aliphatic rings. The van der Waals surface area contributed by atoms with Crippen molar-refractivity contribution in [3.63, 3.8) is 0 Å². The Kier molecular flexibility index (Phi) is 6.68. The maximum absolute atomic E-state index is 5.59. The molecule has 18 heavy (non-hydrogen) atoms. The monoisotopic (exact) mass is 252 g/mol. The molecule has 0 bridgehead atoms. The van der Waals surface area contributed by atoms with E-state index in [0.29, 0.717) is 25.0 Å². The standard InChI is InChI=1S/C14H24N2O2/c1-5-15-10-12-8-13(11(2)3)16-14(9-12)18-7-6-17-4/h8-9,11,15H,5-7,10H2,1-4H3. The van der Waals surface area contributed by atoms with E-state index in [1.807, 2.05) is 6.07 Å². The maximum atomic E-state index is 5.59. The number of nitrogens with one attached hydrogen (secondary N) is 1. The average Bonchev–Trinajstić information content (AvgIpc) is 2.36. The third kappa shape index (κ3) is 5.02. The minimum atomic E-state index is 0.399. The second kappa shape index (κ2) is 8.06. The topological polar surface area (TPSA) is 43.4 Å². The molecule has 0 radical (unpaired) electrons. The highest BCUT2D eigenvalue weighted by atomic mass is 16.5. The first-order valence-corrected chi connectivity index (χ1v) is 6.50. The molecule has 0 unspecified atom stereocenters. The summed E-state index contributed by atoms with van der Waals surface area (Å²) in [6.45, 7) is 9.29. The highest BCUT2D eigenvalue weighted by molar-refractivity contribution is 5.26. The van der Waals surface area contributed by atoms with Crippen molar-refractivity contribution in [2.75, 3.05) is 26.9 Å². The Morgan fingerprint density at radius 3 is 2.67 bits per heavy atom. The van der Waals surface area contributed by atoms with Crippen LogP contribution >= 0.6 is 0 Å². The highest BCUT2D eigenvalue weighted by Gasteiger charge is 2.07. The lowest BCUT2D eigenvalue weighted by Crippen LogP contribution is -2.13. The molecule has 0 fully saturated rings. The van der Waals surface area contributed by atoms with Crippen LogP contribution in [0.5, 0.6) is 5.88 Å². The summed E-state index contributed by atoms with van der Waals surface area (Å²) < 4.78 is 10.6. The van der Waals surface area contributed by atoms with Crippen LogP contribution in [-0.2, 0) is 11.3 Å². The SMILES string of the molecule is CCNCc1cc(OCCOC)nc(C(C)C)c1. The first-order chi connectivity index (χ1) is 8.67. The summed E-state index contributed by atoms with van der Waals surface area (Å²) in [6.07, 6.45) is 0. The van der Waals surface area contributed by atoms with Crippen molar-refractivity contribution in [2.24, 2.45) is 0 Å². The molecule has 0 atom stereocenters. The van der Waals surface area contributed by atoms with Crippen LogP contribution in [0.1, 0.15) is 37.9 Å². The van der Waals surface area contributed by atoms with Gasteiger partial charge in [-0.2, -0.15) is 0 Å². The zero-order chi connectivity index (χ0) is 13.4. The molecule has 0 amide bonds. The number of aromatic nitrogens is 1. The predicted molar refractivity (Wildman–Crippen MR) is 73.1 cm³/mol. The van der Waals surface area contributed by atoms with Crippen LogP contribution < -0.4 is 10.1 Å². The smallest absolute Gasteiger partial charge is 0.213 e. The first-order valence-electron chi connectivity index (χ1n) is 6.50. The van der Waals surface area contributed by atoms with E-state index in [-0.39, 0.29) is 0 Å². The van der Waals surface area contributed by atoms with Gasteiger partial charge in [0.05, 0.1) is 6.61 Å². The third-order valence-corrected chi connectivity index (χ3v) is 2.59. The molecule has 0 saturated carbocycles. The van der Waals surface area contributed by atoms with E-state index in [2.05, 4.69) is 37.1 Å². The molecule has 0 aliphatic carbocycles. The average molecular weight is 252 g/mol. The normalized spacial score (nSPS) is 10.9. The second-order valence-corrected chi connectivity index (χ2v) is 4.51. The van der Waals surface area contributed by atoms with Crippen molar-refractivity contribution in [1.29, 1.82) is 0 Å². The Bertz CT molecular complexity index is 354. The van der Waals surface area contributed by atoms with Gasteiger partial charge in [0, 0.05) is 25.4 Å². The lowest BCUT2D eigenvalue weighted by molar-refractivity contribution is 0.143. The van der Waals surface area contributed by atoms with Crippen LogP contribution in [0.2, 0.25) is 0 Å². The number of hydrogen-bond acceptors (Lipinski definition) is 4. The summed E-state index contributed by atoms with van der Waals surface area (Å²) in [5.74, 6) is 1.09. The molecule has 0 aromatic carbocycles. The number of ether oxygens (including phenoxy) is 2. The minimum absolute atomic E-state index is 0.399. The molecule has 1 aromatic heterocycles. The largest absolute Gasteiger partial charge is 0.475 e. The van der Waals surface area contributed by atoms with Gasteiger partial charge in [0.2, 0.25) is 5.88 Å². The van der Waals surface area contributed by atoms with Gasteiger partial charge in [-0.25, -0.2) is 4.98 Å². The van der Waals surface area contributed by atoms with Gasteiger partial charge in [0.1, 0.15) is 6.61 Å². The van der Waals surface area contributed by atoms with Gasteiger partial charge in [-0.05, 0) is 24.1 Å². The van der Waals surface area contributed by atoms with Crippen LogP contribution in [0, 0.1) is 0 Å². The molecular weight excluding hydrogens is 228 g/mol. The van der Waals surface area contributed by atoms with E-state index < -0.39 is 0 Å². The fraction of sp³-hybridized carbons (Fsp3) is 0.643. The Balaban J connectivity index is 2.77. The molecule has 4 heteroatoms. The van der Waals surface area contributed by atoms with E-state index in [9.17, 15) is 0 Å². The quantitative estimate of drug-likeness (QED) is 0.721. The van der Waals surface area contributed by atoms with E-state index >= 15 is 0 Å². The molecular formula is C14H24N2O2. The van der Waals surface area contributed by atoms with Gasteiger partial charge in [0.25, 0.3) is 0 Å². The molecule has 1 N–H and O–H groups in total. The Labute approximate surface area is 110 Å². The summed E-state index contributed by atoms with van der Waals surface area (Å²) in [7, 11) is 1.66. The lowest BCUT2D eigenvalue weighted by atomic mass is 10.1. The Morgan fingerprint density at radius 1 is 1.28 bits per heavy atom. The molecule has 0 spiro atoms.